The van der Waals surface area contributed by atoms with Crippen LogP contribution in [0.1, 0.15) is 5.56 Å². The van der Waals surface area contributed by atoms with Crippen molar-refractivity contribution in [2.75, 3.05) is 6.61 Å². The summed E-state index contributed by atoms with van der Waals surface area (Å²) >= 11 is 0. The number of allylic oxidation sites excluding steroid dienone is 1. The van der Waals surface area contributed by atoms with E-state index >= 15 is 0 Å². The zero-order valence-electron chi connectivity index (χ0n) is 9.44. The van der Waals surface area contributed by atoms with Crippen LogP contribution in [0.25, 0.3) is 5.76 Å². The number of aliphatic imine (C=N–C) groups is 1. The number of hydrogen-bond donors (Lipinski definition) is 1. The number of hydrogen-bond acceptors (Lipinski definition) is 4. The number of ether oxygens (including phenoxy) is 1. The number of nitrogens with zero attached hydrogens (tertiary/aromatic N) is 1. The molecule has 4 nitrogen and oxygen atoms in total. The molecule has 1 N–H and O–H groups in total. The SMILES string of the molecule is O=C(C=C(O)c1ccc2c(c1)N=CCO2)C(F)(F)F. The van der Waals surface area contributed by atoms with E-state index in [0.717, 1.165) is 0 Å². The average Bonchev–Trinajstić information content (AvgIpc) is 2.37. The van der Waals surface area contributed by atoms with Gasteiger partial charge in [-0.1, -0.05) is 0 Å². The van der Waals surface area contributed by atoms with Crippen LogP contribution < -0.4 is 4.74 Å². The lowest BCUT2D eigenvalue weighted by molar-refractivity contribution is -0.165. The number of alkyl halides is 3. The van der Waals surface area contributed by atoms with Crippen LogP contribution in [-0.4, -0.2) is 29.9 Å². The van der Waals surface area contributed by atoms with Crippen molar-refractivity contribution < 1.29 is 27.8 Å². The van der Waals surface area contributed by atoms with Crippen LogP contribution in [0.4, 0.5) is 18.9 Å². The molecule has 0 saturated carbocycles. The Bertz CT molecular complexity index is 576. The normalized spacial score (nSPS) is 14.8. The van der Waals surface area contributed by atoms with Crippen LogP contribution in [0.2, 0.25) is 0 Å². The number of fused-ring (bicyclic) bond motifs is 1. The number of aliphatic hydroxyl groups is 1. The standard InChI is InChI=1S/C12H8F3NO3/c13-12(14,15)11(18)6-9(17)7-1-2-10-8(5-7)16-3-4-19-10/h1-3,5-6,17H,4H2. The minimum absolute atomic E-state index is 0.0546. The van der Waals surface area contributed by atoms with E-state index in [2.05, 4.69) is 4.99 Å². The highest BCUT2D eigenvalue weighted by Crippen LogP contribution is 2.32. The molecule has 0 fully saturated rings. The molecule has 0 radical (unpaired) electrons. The lowest BCUT2D eigenvalue weighted by Crippen LogP contribution is -2.20. The molecule has 0 spiro atoms. The molecule has 7 heteroatoms. The van der Waals surface area contributed by atoms with Gasteiger partial charge in [-0.15, -0.1) is 0 Å². The lowest BCUT2D eigenvalue weighted by atomic mass is 10.1. The maximum absolute atomic E-state index is 12.0. The number of carbonyl (C=O) groups is 1. The van der Waals surface area contributed by atoms with Crippen molar-refractivity contribution in [3.63, 3.8) is 0 Å². The van der Waals surface area contributed by atoms with Crippen molar-refractivity contribution in [3.05, 3.63) is 29.8 Å². The summed E-state index contributed by atoms with van der Waals surface area (Å²) in [5.41, 5.74) is 0.433. The maximum Gasteiger partial charge on any atom is 0.454 e. The van der Waals surface area contributed by atoms with Gasteiger partial charge in [0.1, 0.15) is 23.8 Å². The molecule has 0 saturated heterocycles. The van der Waals surface area contributed by atoms with Crippen LogP contribution in [0.5, 0.6) is 5.75 Å². The van der Waals surface area contributed by atoms with Gasteiger partial charge >= 0.3 is 6.18 Å². The number of benzene rings is 1. The largest absolute Gasteiger partial charge is 0.507 e. The fourth-order valence-electron chi connectivity index (χ4n) is 1.45. The van der Waals surface area contributed by atoms with Crippen LogP contribution in [0.3, 0.4) is 0 Å². The Morgan fingerprint density at radius 2 is 2.16 bits per heavy atom. The van der Waals surface area contributed by atoms with Crippen molar-refractivity contribution >= 4 is 23.4 Å². The number of aliphatic hydroxyl groups excluding tert-OH is 1. The molecule has 1 aromatic rings. The topological polar surface area (TPSA) is 58.9 Å². The number of rotatable bonds is 2. The molecule has 0 bridgehead atoms. The third-order valence-corrected chi connectivity index (χ3v) is 2.35. The van der Waals surface area contributed by atoms with Crippen LogP contribution >= 0.6 is 0 Å². The van der Waals surface area contributed by atoms with E-state index in [0.29, 0.717) is 18.0 Å². The van der Waals surface area contributed by atoms with Gasteiger partial charge in [-0.25, -0.2) is 0 Å². The molecule has 0 aliphatic carbocycles. The Hall–Kier alpha value is -2.31. The van der Waals surface area contributed by atoms with E-state index in [-0.39, 0.29) is 11.6 Å². The first kappa shape index (κ1) is 13.1. The van der Waals surface area contributed by atoms with Gasteiger partial charge in [-0.3, -0.25) is 9.79 Å². The summed E-state index contributed by atoms with van der Waals surface area (Å²) in [7, 11) is 0. The first-order chi connectivity index (χ1) is 8.88. The van der Waals surface area contributed by atoms with Gasteiger partial charge in [-0.2, -0.15) is 13.2 Å². The van der Waals surface area contributed by atoms with E-state index in [9.17, 15) is 23.1 Å². The molecule has 1 heterocycles. The molecule has 0 amide bonds. The zero-order valence-corrected chi connectivity index (χ0v) is 9.44. The van der Waals surface area contributed by atoms with E-state index in [1.165, 1.54) is 24.4 Å². The Balaban J connectivity index is 2.30. The van der Waals surface area contributed by atoms with Gasteiger partial charge in [-0.05, 0) is 18.2 Å². The highest BCUT2D eigenvalue weighted by atomic mass is 19.4. The molecule has 1 aliphatic heterocycles. The lowest BCUT2D eigenvalue weighted by Gasteiger charge is -2.12. The Morgan fingerprint density at radius 3 is 2.84 bits per heavy atom. The molecule has 2 rings (SSSR count). The fourth-order valence-corrected chi connectivity index (χ4v) is 1.45. The summed E-state index contributed by atoms with van der Waals surface area (Å²) in [6, 6.07) is 4.14. The van der Waals surface area contributed by atoms with E-state index in [1.54, 1.807) is 0 Å². The maximum atomic E-state index is 12.0. The van der Waals surface area contributed by atoms with Crippen molar-refractivity contribution in [2.24, 2.45) is 4.99 Å². The summed E-state index contributed by atoms with van der Waals surface area (Å²) < 4.78 is 41.3. The second-order valence-electron chi connectivity index (χ2n) is 3.70. The predicted molar refractivity (Wildman–Crippen MR) is 61.8 cm³/mol. The van der Waals surface area contributed by atoms with Crippen molar-refractivity contribution in [1.29, 1.82) is 0 Å². The van der Waals surface area contributed by atoms with Crippen molar-refractivity contribution in [2.45, 2.75) is 6.18 Å². The summed E-state index contributed by atoms with van der Waals surface area (Å²) in [4.78, 5) is 14.7. The first-order valence-electron chi connectivity index (χ1n) is 5.19. The smallest absolute Gasteiger partial charge is 0.454 e. The summed E-state index contributed by atoms with van der Waals surface area (Å²) in [5.74, 6) is -2.44. The Kier molecular flexibility index (Phi) is 3.28. The second-order valence-corrected chi connectivity index (χ2v) is 3.70. The molecule has 0 atom stereocenters. The Morgan fingerprint density at radius 1 is 1.42 bits per heavy atom. The fraction of sp³-hybridized carbons (Fsp3) is 0.167. The van der Waals surface area contributed by atoms with Crippen LogP contribution in [0.15, 0.2) is 29.3 Å². The van der Waals surface area contributed by atoms with Gasteiger partial charge in [0.05, 0.1) is 0 Å². The van der Waals surface area contributed by atoms with Gasteiger partial charge in [0.25, 0.3) is 5.78 Å². The van der Waals surface area contributed by atoms with Gasteiger partial charge < -0.3 is 9.84 Å². The quantitative estimate of drug-likeness (QED) is 0.664. The molecular weight excluding hydrogens is 263 g/mol. The van der Waals surface area contributed by atoms with Crippen LogP contribution in [-0.2, 0) is 4.79 Å². The minimum Gasteiger partial charge on any atom is -0.507 e. The third kappa shape index (κ3) is 2.93. The highest BCUT2D eigenvalue weighted by molar-refractivity contribution is 5.99. The number of halogens is 3. The number of ketones is 1. The highest BCUT2D eigenvalue weighted by Gasteiger charge is 2.37. The van der Waals surface area contributed by atoms with Gasteiger partial charge in [0.15, 0.2) is 0 Å². The van der Waals surface area contributed by atoms with E-state index < -0.39 is 17.7 Å². The Labute approximate surface area is 105 Å². The summed E-state index contributed by atoms with van der Waals surface area (Å²) in [6.45, 7) is 0.306. The monoisotopic (exact) mass is 271 g/mol. The number of carbonyl (C=O) groups excluding carboxylic acids is 1. The van der Waals surface area contributed by atoms with Gasteiger partial charge in [0.2, 0.25) is 0 Å². The second kappa shape index (κ2) is 4.75. The molecule has 1 aliphatic rings. The van der Waals surface area contributed by atoms with Crippen molar-refractivity contribution in [3.8, 4) is 5.75 Å². The van der Waals surface area contributed by atoms with Gasteiger partial charge in [0, 0.05) is 17.9 Å². The van der Waals surface area contributed by atoms with E-state index in [1.807, 2.05) is 0 Å². The molecule has 100 valence electrons. The first-order valence-corrected chi connectivity index (χ1v) is 5.19. The third-order valence-electron chi connectivity index (χ3n) is 2.35. The summed E-state index contributed by atoms with van der Waals surface area (Å²) in [5, 5.41) is 9.50. The molecule has 0 aromatic heterocycles. The average molecular weight is 271 g/mol. The molecular formula is C12H8F3NO3. The predicted octanol–water partition coefficient (Wildman–Crippen LogP) is 2.81. The molecule has 1 aromatic carbocycles. The summed E-state index contributed by atoms with van der Waals surface area (Å²) in [6.07, 6.45) is -3.40. The molecule has 0 unspecified atom stereocenters. The van der Waals surface area contributed by atoms with Crippen LogP contribution in [0, 0.1) is 0 Å². The zero-order chi connectivity index (χ0) is 14.0. The van der Waals surface area contributed by atoms with Crippen molar-refractivity contribution in [1.82, 2.24) is 0 Å². The molecule has 19 heavy (non-hydrogen) atoms. The minimum atomic E-state index is -5.01. The van der Waals surface area contributed by atoms with E-state index in [4.69, 9.17) is 4.74 Å².